The summed E-state index contributed by atoms with van der Waals surface area (Å²) in [6, 6.07) is 0. The molecule has 56 valence electrons. The average molecular weight is 156 g/mol. The molecule has 0 saturated carbocycles. The van der Waals surface area contributed by atoms with Crippen LogP contribution in [-0.4, -0.2) is 15.3 Å². The summed E-state index contributed by atoms with van der Waals surface area (Å²) in [5.74, 6) is 0.941. The van der Waals surface area contributed by atoms with Crippen molar-refractivity contribution < 1.29 is 0 Å². The van der Waals surface area contributed by atoms with Crippen LogP contribution in [0.4, 0.5) is 0 Å². The number of aromatic nitrogens is 2. The molecule has 10 heavy (non-hydrogen) atoms. The molecule has 0 fully saturated rings. The Hall–Kier alpha value is -0.440. The number of imidazole rings is 1. The molecule has 0 aromatic carbocycles. The lowest BCUT2D eigenvalue weighted by atomic mass is 10.3. The highest BCUT2D eigenvalue weighted by atomic mass is 32.1. The van der Waals surface area contributed by atoms with Gasteiger partial charge in [-0.05, 0) is 18.6 Å². The minimum atomic E-state index is 0.941. The fourth-order valence-electron chi connectivity index (χ4n) is 0.856. The Balaban J connectivity index is 2.42. The summed E-state index contributed by atoms with van der Waals surface area (Å²) in [4.78, 5) is 4.18. The number of thiol groups is 1. The van der Waals surface area contributed by atoms with Crippen molar-refractivity contribution in [3.63, 3.8) is 0 Å². The Labute approximate surface area is 66.7 Å². The molecule has 0 saturated heterocycles. The van der Waals surface area contributed by atoms with E-state index in [4.69, 9.17) is 0 Å². The van der Waals surface area contributed by atoms with Crippen LogP contribution in [0.25, 0.3) is 0 Å². The van der Waals surface area contributed by atoms with Gasteiger partial charge in [0.05, 0.1) is 12.0 Å². The zero-order chi connectivity index (χ0) is 7.40. The van der Waals surface area contributed by atoms with Crippen LogP contribution in [0.2, 0.25) is 0 Å². The number of aryl methyl sites for hydroxylation is 2. The first-order chi connectivity index (χ1) is 4.83. The topological polar surface area (TPSA) is 17.8 Å². The first-order valence-electron chi connectivity index (χ1n) is 3.40. The summed E-state index contributed by atoms with van der Waals surface area (Å²) in [5.41, 5.74) is 1.16. The summed E-state index contributed by atoms with van der Waals surface area (Å²) in [7, 11) is 1.98. The Morgan fingerprint density at radius 2 is 2.50 bits per heavy atom. The quantitative estimate of drug-likeness (QED) is 0.653. The van der Waals surface area contributed by atoms with Crippen molar-refractivity contribution in [2.24, 2.45) is 7.05 Å². The van der Waals surface area contributed by atoms with Gasteiger partial charge in [0.25, 0.3) is 0 Å². The Morgan fingerprint density at radius 3 is 3.00 bits per heavy atom. The molecule has 0 atom stereocenters. The van der Waals surface area contributed by atoms with Crippen LogP contribution >= 0.6 is 12.6 Å². The van der Waals surface area contributed by atoms with Crippen LogP contribution in [-0.2, 0) is 13.5 Å². The van der Waals surface area contributed by atoms with Gasteiger partial charge in [-0.25, -0.2) is 4.98 Å². The average Bonchev–Trinajstić information content (AvgIpc) is 2.31. The van der Waals surface area contributed by atoms with Gasteiger partial charge in [-0.15, -0.1) is 0 Å². The second-order valence-electron chi connectivity index (χ2n) is 2.36. The summed E-state index contributed by atoms with van der Waals surface area (Å²) in [6.07, 6.45) is 6.03. The van der Waals surface area contributed by atoms with E-state index in [0.717, 1.165) is 24.3 Å². The first kappa shape index (κ1) is 7.66. The number of hydrogen-bond donors (Lipinski definition) is 1. The molecule has 0 aliphatic carbocycles. The van der Waals surface area contributed by atoms with Gasteiger partial charge in [0.2, 0.25) is 0 Å². The molecule has 2 nitrogen and oxygen atoms in total. The minimum Gasteiger partial charge on any atom is -0.340 e. The van der Waals surface area contributed by atoms with Crippen molar-refractivity contribution >= 4 is 12.6 Å². The van der Waals surface area contributed by atoms with E-state index < -0.39 is 0 Å². The molecule has 0 unspecified atom stereocenters. The zero-order valence-corrected chi connectivity index (χ0v) is 7.01. The summed E-state index contributed by atoms with van der Waals surface area (Å²) in [5, 5.41) is 0. The van der Waals surface area contributed by atoms with E-state index in [0.29, 0.717) is 0 Å². The van der Waals surface area contributed by atoms with E-state index in [2.05, 4.69) is 17.6 Å². The van der Waals surface area contributed by atoms with Gasteiger partial charge in [0, 0.05) is 13.2 Å². The highest BCUT2D eigenvalue weighted by Gasteiger charge is 1.93. The fourth-order valence-corrected chi connectivity index (χ4v) is 1.01. The molecule has 1 aromatic rings. The third-order valence-electron chi connectivity index (χ3n) is 1.35. The molecule has 0 aliphatic heterocycles. The SMILES string of the molecule is Cn1cnc(CCCS)c1. The van der Waals surface area contributed by atoms with E-state index in [1.807, 2.05) is 24.1 Å². The number of rotatable bonds is 3. The predicted octanol–water partition coefficient (Wildman–Crippen LogP) is 1.28. The van der Waals surface area contributed by atoms with E-state index in [1.165, 1.54) is 0 Å². The second-order valence-corrected chi connectivity index (χ2v) is 2.80. The third kappa shape index (κ3) is 2.06. The van der Waals surface area contributed by atoms with E-state index in [1.54, 1.807) is 0 Å². The lowest BCUT2D eigenvalue weighted by Crippen LogP contribution is -1.85. The van der Waals surface area contributed by atoms with Crippen molar-refractivity contribution in [1.82, 2.24) is 9.55 Å². The zero-order valence-electron chi connectivity index (χ0n) is 6.12. The van der Waals surface area contributed by atoms with Crippen molar-refractivity contribution in [2.45, 2.75) is 12.8 Å². The lowest BCUT2D eigenvalue weighted by Gasteiger charge is -1.90. The molecule has 0 radical (unpaired) electrons. The first-order valence-corrected chi connectivity index (χ1v) is 4.04. The highest BCUT2D eigenvalue weighted by molar-refractivity contribution is 7.80. The maximum atomic E-state index is 4.18. The van der Waals surface area contributed by atoms with Crippen LogP contribution in [0.3, 0.4) is 0 Å². The maximum Gasteiger partial charge on any atom is 0.0946 e. The van der Waals surface area contributed by atoms with E-state index in [-0.39, 0.29) is 0 Å². The van der Waals surface area contributed by atoms with Crippen molar-refractivity contribution in [2.75, 3.05) is 5.75 Å². The maximum absolute atomic E-state index is 4.18. The molecule has 0 spiro atoms. The van der Waals surface area contributed by atoms with Gasteiger partial charge in [-0.3, -0.25) is 0 Å². The van der Waals surface area contributed by atoms with Crippen LogP contribution in [0.5, 0.6) is 0 Å². The third-order valence-corrected chi connectivity index (χ3v) is 1.67. The van der Waals surface area contributed by atoms with Crippen LogP contribution in [0.15, 0.2) is 12.5 Å². The molecule has 0 aliphatic rings. The van der Waals surface area contributed by atoms with Gasteiger partial charge in [-0.1, -0.05) is 0 Å². The lowest BCUT2D eigenvalue weighted by molar-refractivity contribution is 0.894. The largest absolute Gasteiger partial charge is 0.340 e. The van der Waals surface area contributed by atoms with Gasteiger partial charge in [-0.2, -0.15) is 12.6 Å². The molecule has 0 bridgehead atoms. The molecule has 1 heterocycles. The molecular formula is C7H12N2S. The van der Waals surface area contributed by atoms with E-state index in [9.17, 15) is 0 Å². The fraction of sp³-hybridized carbons (Fsp3) is 0.571. The molecule has 3 heteroatoms. The van der Waals surface area contributed by atoms with Crippen molar-refractivity contribution in [3.05, 3.63) is 18.2 Å². The van der Waals surface area contributed by atoms with Gasteiger partial charge in [0.1, 0.15) is 0 Å². The van der Waals surface area contributed by atoms with Crippen LogP contribution in [0, 0.1) is 0 Å². The molecule has 1 rings (SSSR count). The Kier molecular flexibility index (Phi) is 2.81. The summed E-state index contributed by atoms with van der Waals surface area (Å²) in [6.45, 7) is 0. The van der Waals surface area contributed by atoms with Crippen LogP contribution in [0.1, 0.15) is 12.1 Å². The molecule has 1 aromatic heterocycles. The highest BCUT2D eigenvalue weighted by Crippen LogP contribution is 1.98. The monoisotopic (exact) mass is 156 g/mol. The minimum absolute atomic E-state index is 0.941. The smallest absolute Gasteiger partial charge is 0.0946 e. The van der Waals surface area contributed by atoms with Crippen molar-refractivity contribution in [3.8, 4) is 0 Å². The molecular weight excluding hydrogens is 144 g/mol. The molecule has 0 N–H and O–H groups in total. The normalized spacial score (nSPS) is 10.2. The van der Waals surface area contributed by atoms with Crippen LogP contribution < -0.4 is 0 Å². The number of hydrogen-bond acceptors (Lipinski definition) is 2. The predicted molar refractivity (Wildman–Crippen MR) is 45.4 cm³/mol. The van der Waals surface area contributed by atoms with Crippen molar-refractivity contribution in [1.29, 1.82) is 0 Å². The Bertz CT molecular complexity index is 195. The van der Waals surface area contributed by atoms with E-state index >= 15 is 0 Å². The van der Waals surface area contributed by atoms with Gasteiger partial charge >= 0.3 is 0 Å². The van der Waals surface area contributed by atoms with Gasteiger partial charge in [0.15, 0.2) is 0 Å². The van der Waals surface area contributed by atoms with Gasteiger partial charge < -0.3 is 4.57 Å². The summed E-state index contributed by atoms with van der Waals surface area (Å²) >= 11 is 4.12. The number of nitrogens with zero attached hydrogens (tertiary/aromatic N) is 2. The standard InChI is InChI=1S/C7H12N2S/c1-9-5-7(8-6-9)3-2-4-10/h5-6,10H,2-4H2,1H3. The second kappa shape index (κ2) is 3.66. The Morgan fingerprint density at radius 1 is 1.70 bits per heavy atom. The molecule has 0 amide bonds. The summed E-state index contributed by atoms with van der Waals surface area (Å²) < 4.78 is 1.97.